The fourth-order valence-electron chi connectivity index (χ4n) is 4.05. The third-order valence-electron chi connectivity index (χ3n) is 5.63. The normalized spacial score (nSPS) is 20.4. The molecule has 1 aliphatic heterocycles. The van der Waals surface area contributed by atoms with Gasteiger partial charge in [-0.15, -0.1) is 0 Å². The molecule has 0 saturated carbocycles. The number of carbonyl (C=O) groups is 1. The maximum atomic E-state index is 13.2. The van der Waals surface area contributed by atoms with Crippen LogP contribution in [0.2, 0.25) is 0 Å². The van der Waals surface area contributed by atoms with Gasteiger partial charge in [0.2, 0.25) is 0 Å². The maximum absolute atomic E-state index is 13.2. The van der Waals surface area contributed by atoms with Crippen LogP contribution in [0.4, 0.5) is 0 Å². The van der Waals surface area contributed by atoms with Crippen LogP contribution < -0.4 is 0 Å². The summed E-state index contributed by atoms with van der Waals surface area (Å²) in [5, 5.41) is 4.80. The van der Waals surface area contributed by atoms with Gasteiger partial charge in [-0.25, -0.2) is 0 Å². The van der Waals surface area contributed by atoms with E-state index in [0.29, 0.717) is 44.0 Å². The van der Waals surface area contributed by atoms with Crippen LogP contribution in [0, 0.1) is 5.92 Å². The number of fused-ring (bicyclic) bond motifs is 1. The van der Waals surface area contributed by atoms with Gasteiger partial charge in [-0.3, -0.25) is 9.48 Å². The summed E-state index contributed by atoms with van der Waals surface area (Å²) < 4.78 is 12.7. The predicted molar refractivity (Wildman–Crippen MR) is 104 cm³/mol. The van der Waals surface area contributed by atoms with Crippen molar-refractivity contribution in [2.75, 3.05) is 53.6 Å². The SMILES string of the molecule is COCCN(C)C1CCc2c(c(C(=O)N3CCOCC3)nn2CC(C)C)C1. The Bertz CT molecular complexity index is 637. The number of aromatic nitrogens is 2. The minimum atomic E-state index is 0.0669. The van der Waals surface area contributed by atoms with Crippen molar-refractivity contribution in [3.8, 4) is 0 Å². The molecule has 1 unspecified atom stereocenters. The second-order valence-electron chi connectivity index (χ2n) is 8.12. The zero-order valence-corrected chi connectivity index (χ0v) is 17.2. The molecule has 2 aliphatic rings. The standard InChI is InChI=1S/C20H34N4O3/c1-15(2)14-24-18-6-5-16(22(3)7-10-26-4)13-17(18)19(21-24)20(25)23-8-11-27-12-9-23/h15-16H,5-14H2,1-4H3. The molecule has 1 amide bonds. The van der Waals surface area contributed by atoms with Crippen LogP contribution in [-0.2, 0) is 28.9 Å². The van der Waals surface area contributed by atoms with Crippen LogP contribution >= 0.6 is 0 Å². The van der Waals surface area contributed by atoms with Crippen LogP contribution in [0.5, 0.6) is 0 Å². The Morgan fingerprint density at radius 2 is 2.11 bits per heavy atom. The minimum absolute atomic E-state index is 0.0669. The van der Waals surface area contributed by atoms with E-state index >= 15 is 0 Å². The zero-order valence-electron chi connectivity index (χ0n) is 17.2. The first-order valence-corrected chi connectivity index (χ1v) is 10.2. The van der Waals surface area contributed by atoms with E-state index in [9.17, 15) is 4.79 Å². The van der Waals surface area contributed by atoms with E-state index in [4.69, 9.17) is 14.6 Å². The van der Waals surface area contributed by atoms with E-state index in [0.717, 1.165) is 44.5 Å². The number of rotatable bonds is 7. The molecule has 1 aromatic heterocycles. The fraction of sp³-hybridized carbons (Fsp3) is 0.800. The van der Waals surface area contributed by atoms with Crippen molar-refractivity contribution in [1.29, 1.82) is 0 Å². The van der Waals surface area contributed by atoms with Crippen molar-refractivity contribution in [1.82, 2.24) is 19.6 Å². The quantitative estimate of drug-likeness (QED) is 0.719. The van der Waals surface area contributed by atoms with Crippen molar-refractivity contribution in [2.24, 2.45) is 5.92 Å². The lowest BCUT2D eigenvalue weighted by Crippen LogP contribution is -2.42. The van der Waals surface area contributed by atoms with E-state index in [1.807, 2.05) is 4.90 Å². The summed E-state index contributed by atoms with van der Waals surface area (Å²) in [6.45, 7) is 9.43. The molecule has 0 spiro atoms. The lowest BCUT2D eigenvalue weighted by Gasteiger charge is -2.32. The number of hydrogen-bond acceptors (Lipinski definition) is 5. The summed E-state index contributed by atoms with van der Waals surface area (Å²) in [6.07, 6.45) is 2.97. The van der Waals surface area contributed by atoms with Crippen LogP contribution in [0.15, 0.2) is 0 Å². The monoisotopic (exact) mass is 378 g/mol. The fourth-order valence-corrected chi connectivity index (χ4v) is 4.05. The number of ether oxygens (including phenoxy) is 2. The smallest absolute Gasteiger partial charge is 0.274 e. The highest BCUT2D eigenvalue weighted by Crippen LogP contribution is 2.28. The summed E-state index contributed by atoms with van der Waals surface area (Å²) in [5.41, 5.74) is 3.08. The first kappa shape index (κ1) is 20.3. The highest BCUT2D eigenvalue weighted by atomic mass is 16.5. The molecule has 7 nitrogen and oxygen atoms in total. The molecule has 3 rings (SSSR count). The lowest BCUT2D eigenvalue weighted by atomic mass is 9.90. The molecule has 1 aromatic rings. The van der Waals surface area contributed by atoms with Crippen molar-refractivity contribution in [3.05, 3.63) is 17.0 Å². The highest BCUT2D eigenvalue weighted by Gasteiger charge is 2.32. The van der Waals surface area contributed by atoms with Crippen molar-refractivity contribution in [2.45, 2.75) is 45.7 Å². The van der Waals surface area contributed by atoms with Crippen LogP contribution in [-0.4, -0.2) is 85.1 Å². The van der Waals surface area contributed by atoms with Gasteiger partial charge in [0.25, 0.3) is 5.91 Å². The van der Waals surface area contributed by atoms with E-state index in [1.165, 1.54) is 5.69 Å². The van der Waals surface area contributed by atoms with E-state index in [2.05, 4.69) is 30.5 Å². The first-order chi connectivity index (χ1) is 13.0. The van der Waals surface area contributed by atoms with Gasteiger partial charge < -0.3 is 19.3 Å². The summed E-state index contributed by atoms with van der Waals surface area (Å²) in [7, 11) is 3.89. The Morgan fingerprint density at radius 1 is 1.37 bits per heavy atom. The van der Waals surface area contributed by atoms with Crippen LogP contribution in [0.3, 0.4) is 0 Å². The van der Waals surface area contributed by atoms with Gasteiger partial charge >= 0.3 is 0 Å². The Morgan fingerprint density at radius 3 is 2.78 bits per heavy atom. The molecule has 1 fully saturated rings. The molecule has 1 saturated heterocycles. The molecule has 0 aromatic carbocycles. The second-order valence-corrected chi connectivity index (χ2v) is 8.12. The van der Waals surface area contributed by atoms with Crippen molar-refractivity contribution >= 4 is 5.91 Å². The van der Waals surface area contributed by atoms with Gasteiger partial charge in [-0.05, 0) is 32.2 Å². The minimum Gasteiger partial charge on any atom is -0.383 e. The highest BCUT2D eigenvalue weighted by molar-refractivity contribution is 5.94. The molecular weight excluding hydrogens is 344 g/mol. The van der Waals surface area contributed by atoms with Gasteiger partial charge in [-0.1, -0.05) is 13.8 Å². The molecular formula is C20H34N4O3. The molecule has 0 bridgehead atoms. The number of hydrogen-bond donors (Lipinski definition) is 0. The number of nitrogens with zero attached hydrogens (tertiary/aromatic N) is 4. The van der Waals surface area contributed by atoms with E-state index < -0.39 is 0 Å². The molecule has 0 radical (unpaired) electrons. The Labute approximate surface area is 162 Å². The van der Waals surface area contributed by atoms with Crippen molar-refractivity contribution in [3.63, 3.8) is 0 Å². The number of likely N-dealkylation sites (N-methyl/N-ethyl adjacent to an activating group) is 1. The van der Waals surface area contributed by atoms with Gasteiger partial charge in [-0.2, -0.15) is 5.10 Å². The topological polar surface area (TPSA) is 59.8 Å². The first-order valence-electron chi connectivity index (χ1n) is 10.2. The summed E-state index contributed by atoms with van der Waals surface area (Å²) in [4.78, 5) is 17.4. The summed E-state index contributed by atoms with van der Waals surface area (Å²) in [6, 6.07) is 0.431. The Balaban J connectivity index is 1.85. The third-order valence-corrected chi connectivity index (χ3v) is 5.63. The second kappa shape index (κ2) is 9.17. The van der Waals surface area contributed by atoms with Crippen molar-refractivity contribution < 1.29 is 14.3 Å². The molecule has 1 aliphatic carbocycles. The molecule has 1 atom stereocenters. The maximum Gasteiger partial charge on any atom is 0.274 e. The molecule has 0 N–H and O–H groups in total. The molecule has 152 valence electrons. The average Bonchev–Trinajstić information content (AvgIpc) is 3.03. The summed E-state index contributed by atoms with van der Waals surface area (Å²) in [5.74, 6) is 0.569. The predicted octanol–water partition coefficient (Wildman–Crippen LogP) is 1.45. The summed E-state index contributed by atoms with van der Waals surface area (Å²) >= 11 is 0. The number of amides is 1. The Kier molecular flexibility index (Phi) is 6.89. The van der Waals surface area contributed by atoms with Gasteiger partial charge in [0.1, 0.15) is 0 Å². The number of methoxy groups -OCH3 is 1. The average molecular weight is 379 g/mol. The molecule has 27 heavy (non-hydrogen) atoms. The number of carbonyl (C=O) groups excluding carboxylic acids is 1. The largest absolute Gasteiger partial charge is 0.383 e. The van der Waals surface area contributed by atoms with Gasteiger partial charge in [0.15, 0.2) is 5.69 Å². The zero-order chi connectivity index (χ0) is 19.4. The third kappa shape index (κ3) is 4.70. The lowest BCUT2D eigenvalue weighted by molar-refractivity contribution is 0.0297. The molecule has 2 heterocycles. The van der Waals surface area contributed by atoms with Gasteiger partial charge in [0, 0.05) is 50.6 Å². The number of morpholine rings is 1. The van der Waals surface area contributed by atoms with Gasteiger partial charge in [0.05, 0.1) is 19.8 Å². The van der Waals surface area contributed by atoms with E-state index in [1.54, 1.807) is 7.11 Å². The Hall–Kier alpha value is -1.44. The van der Waals surface area contributed by atoms with Crippen LogP contribution in [0.1, 0.15) is 42.0 Å². The van der Waals surface area contributed by atoms with Crippen LogP contribution in [0.25, 0.3) is 0 Å². The molecule has 7 heteroatoms. The van der Waals surface area contributed by atoms with E-state index in [-0.39, 0.29) is 5.91 Å².